The molecule has 66 valence electrons. The number of methoxy groups -OCH3 is 1. The first-order chi connectivity index (χ1) is 5.63. The van der Waals surface area contributed by atoms with Crippen LogP contribution in [-0.2, 0) is 9.53 Å². The highest BCUT2D eigenvalue weighted by Crippen LogP contribution is 2.10. The average molecular weight is 167 g/mol. The third-order valence-electron chi connectivity index (χ3n) is 1.68. The fourth-order valence-electron chi connectivity index (χ4n) is 1.24. The molecule has 1 atom stereocenters. The van der Waals surface area contributed by atoms with Gasteiger partial charge >= 0.3 is 5.97 Å². The number of hydrogen-bond acceptors (Lipinski definition) is 3. The zero-order valence-corrected chi connectivity index (χ0v) is 7.55. The second kappa shape index (κ2) is 3.43. The molecule has 3 heteroatoms. The van der Waals surface area contributed by atoms with E-state index < -0.39 is 0 Å². The fourth-order valence-corrected chi connectivity index (χ4v) is 1.24. The van der Waals surface area contributed by atoms with Gasteiger partial charge in [0, 0.05) is 11.7 Å². The number of allylic oxidation sites excluding steroid dienone is 1. The highest BCUT2D eigenvalue weighted by Gasteiger charge is 2.13. The molecule has 0 radical (unpaired) electrons. The summed E-state index contributed by atoms with van der Waals surface area (Å²) < 4.78 is 4.61. The molecule has 0 spiro atoms. The molecular formula is C9H13NO2. The molecule has 0 amide bonds. The molecule has 0 aromatic rings. The second-order valence-electron chi connectivity index (χ2n) is 2.87. The van der Waals surface area contributed by atoms with Crippen LogP contribution >= 0.6 is 0 Å². The number of nitrogens with one attached hydrogen (secondary N) is 1. The fraction of sp³-hybridized carbons (Fsp3) is 0.444. The second-order valence-corrected chi connectivity index (χ2v) is 2.87. The summed E-state index contributed by atoms with van der Waals surface area (Å²) >= 11 is 0. The van der Waals surface area contributed by atoms with Crippen molar-refractivity contribution in [1.29, 1.82) is 0 Å². The molecule has 0 aliphatic carbocycles. The summed E-state index contributed by atoms with van der Waals surface area (Å²) in [5.41, 5.74) is 1.62. The molecule has 0 saturated carbocycles. The molecule has 0 aromatic carbocycles. The van der Waals surface area contributed by atoms with E-state index in [4.69, 9.17) is 0 Å². The van der Waals surface area contributed by atoms with E-state index in [2.05, 4.69) is 10.1 Å². The van der Waals surface area contributed by atoms with Crippen molar-refractivity contribution < 1.29 is 9.53 Å². The molecule has 0 fully saturated rings. The van der Waals surface area contributed by atoms with E-state index in [1.807, 2.05) is 19.9 Å². The summed E-state index contributed by atoms with van der Waals surface area (Å²) in [7, 11) is 1.39. The van der Waals surface area contributed by atoms with Gasteiger partial charge in [-0.1, -0.05) is 0 Å². The van der Waals surface area contributed by atoms with E-state index in [9.17, 15) is 4.79 Å². The smallest absolute Gasteiger partial charge is 0.337 e. The molecule has 1 aliphatic heterocycles. The Bertz CT molecular complexity index is 253. The van der Waals surface area contributed by atoms with Gasteiger partial charge in [0.05, 0.1) is 12.7 Å². The molecule has 1 rings (SSSR count). The van der Waals surface area contributed by atoms with Crippen molar-refractivity contribution in [3.63, 3.8) is 0 Å². The quantitative estimate of drug-likeness (QED) is 0.592. The van der Waals surface area contributed by atoms with Gasteiger partial charge in [0.15, 0.2) is 0 Å². The third kappa shape index (κ3) is 1.87. The van der Waals surface area contributed by atoms with Crippen LogP contribution in [0.25, 0.3) is 0 Å². The van der Waals surface area contributed by atoms with Crippen molar-refractivity contribution in [2.45, 2.75) is 19.9 Å². The van der Waals surface area contributed by atoms with Crippen LogP contribution in [0.15, 0.2) is 23.4 Å². The Hall–Kier alpha value is -1.25. The predicted octanol–water partition coefficient (Wildman–Crippen LogP) is 0.981. The van der Waals surface area contributed by atoms with Crippen LogP contribution < -0.4 is 5.32 Å². The van der Waals surface area contributed by atoms with E-state index in [1.165, 1.54) is 7.11 Å². The van der Waals surface area contributed by atoms with Gasteiger partial charge in [0.1, 0.15) is 0 Å². The molecule has 12 heavy (non-hydrogen) atoms. The summed E-state index contributed by atoms with van der Waals surface area (Å²) in [6.07, 6.45) is 3.63. The summed E-state index contributed by atoms with van der Waals surface area (Å²) in [5, 5.41) is 3.17. The Morgan fingerprint density at radius 3 is 2.83 bits per heavy atom. The molecule has 0 bridgehead atoms. The molecule has 1 unspecified atom stereocenters. The Balaban J connectivity index is 2.83. The Morgan fingerprint density at radius 2 is 2.33 bits per heavy atom. The monoisotopic (exact) mass is 167 g/mol. The van der Waals surface area contributed by atoms with E-state index >= 15 is 0 Å². The van der Waals surface area contributed by atoms with Crippen LogP contribution in [0, 0.1) is 0 Å². The van der Waals surface area contributed by atoms with Gasteiger partial charge in [-0.25, -0.2) is 4.79 Å². The number of ether oxygens (including phenoxy) is 1. The summed E-state index contributed by atoms with van der Waals surface area (Å²) in [5.74, 6) is -0.275. The van der Waals surface area contributed by atoms with Gasteiger partial charge in [-0.05, 0) is 26.0 Å². The van der Waals surface area contributed by atoms with Crippen LogP contribution in [-0.4, -0.2) is 19.1 Å². The maximum atomic E-state index is 11.1. The highest BCUT2D eigenvalue weighted by molar-refractivity contribution is 5.92. The lowest BCUT2D eigenvalue weighted by molar-refractivity contribution is -0.135. The van der Waals surface area contributed by atoms with Crippen molar-refractivity contribution in [2.75, 3.05) is 7.11 Å². The number of esters is 1. The van der Waals surface area contributed by atoms with Crippen LogP contribution in [0.5, 0.6) is 0 Å². The SMILES string of the molecule is COC(=O)C1=CC(C)NC(C)=C1. The van der Waals surface area contributed by atoms with E-state index in [0.717, 1.165) is 5.70 Å². The van der Waals surface area contributed by atoms with E-state index in [1.54, 1.807) is 6.08 Å². The first-order valence-corrected chi connectivity index (χ1v) is 3.88. The topological polar surface area (TPSA) is 38.3 Å². The first-order valence-electron chi connectivity index (χ1n) is 3.88. The number of carbonyl (C=O) groups excluding carboxylic acids is 1. The summed E-state index contributed by atoms with van der Waals surface area (Å²) in [6, 6.07) is 0.198. The van der Waals surface area contributed by atoms with Gasteiger partial charge in [0.2, 0.25) is 0 Å². The maximum absolute atomic E-state index is 11.1. The lowest BCUT2D eigenvalue weighted by Crippen LogP contribution is -2.27. The van der Waals surface area contributed by atoms with Crippen LogP contribution in [0.1, 0.15) is 13.8 Å². The zero-order valence-electron chi connectivity index (χ0n) is 7.55. The number of carbonyl (C=O) groups is 1. The summed E-state index contributed by atoms with van der Waals surface area (Å²) in [4.78, 5) is 11.1. The minimum atomic E-state index is -0.275. The van der Waals surface area contributed by atoms with Crippen molar-refractivity contribution in [1.82, 2.24) is 5.32 Å². The molecule has 1 N–H and O–H groups in total. The van der Waals surface area contributed by atoms with E-state index in [-0.39, 0.29) is 12.0 Å². The Morgan fingerprint density at radius 1 is 1.67 bits per heavy atom. The van der Waals surface area contributed by atoms with Gasteiger partial charge < -0.3 is 10.1 Å². The Kier molecular flexibility index (Phi) is 2.53. The normalized spacial score (nSPS) is 22.1. The highest BCUT2D eigenvalue weighted by atomic mass is 16.5. The van der Waals surface area contributed by atoms with Crippen molar-refractivity contribution in [2.24, 2.45) is 0 Å². The number of rotatable bonds is 1. The lowest BCUT2D eigenvalue weighted by Gasteiger charge is -2.17. The summed E-state index contributed by atoms with van der Waals surface area (Å²) in [6.45, 7) is 3.91. The molecule has 3 nitrogen and oxygen atoms in total. The molecule has 1 aliphatic rings. The minimum absolute atomic E-state index is 0.198. The predicted molar refractivity (Wildman–Crippen MR) is 46.5 cm³/mol. The van der Waals surface area contributed by atoms with Crippen LogP contribution in [0.4, 0.5) is 0 Å². The largest absolute Gasteiger partial charge is 0.465 e. The van der Waals surface area contributed by atoms with Crippen LogP contribution in [0.3, 0.4) is 0 Å². The zero-order chi connectivity index (χ0) is 9.14. The lowest BCUT2D eigenvalue weighted by atomic mass is 10.1. The first kappa shape index (κ1) is 8.84. The average Bonchev–Trinajstić information content (AvgIpc) is 2.01. The van der Waals surface area contributed by atoms with Gasteiger partial charge in [0.25, 0.3) is 0 Å². The molecular weight excluding hydrogens is 154 g/mol. The van der Waals surface area contributed by atoms with Crippen molar-refractivity contribution >= 4 is 5.97 Å². The van der Waals surface area contributed by atoms with Gasteiger partial charge in [-0.2, -0.15) is 0 Å². The minimum Gasteiger partial charge on any atom is -0.465 e. The van der Waals surface area contributed by atoms with Crippen molar-refractivity contribution in [3.8, 4) is 0 Å². The molecule has 0 aromatic heterocycles. The number of hydrogen-bond donors (Lipinski definition) is 1. The van der Waals surface area contributed by atoms with Gasteiger partial charge in [-0.15, -0.1) is 0 Å². The molecule has 0 saturated heterocycles. The maximum Gasteiger partial charge on any atom is 0.337 e. The third-order valence-corrected chi connectivity index (χ3v) is 1.68. The van der Waals surface area contributed by atoms with Crippen molar-refractivity contribution in [3.05, 3.63) is 23.4 Å². The van der Waals surface area contributed by atoms with E-state index in [0.29, 0.717) is 5.57 Å². The van der Waals surface area contributed by atoms with Crippen LogP contribution in [0.2, 0.25) is 0 Å². The molecule has 1 heterocycles. The number of dihydropyridines is 1. The Labute approximate surface area is 72.1 Å². The standard InChI is InChI=1S/C9H13NO2/c1-6-4-8(9(11)12-3)5-7(2)10-6/h4-6,10H,1-3H3. The van der Waals surface area contributed by atoms with Gasteiger partial charge in [-0.3, -0.25) is 0 Å².